The molecule has 3 rings (SSSR count). The van der Waals surface area contributed by atoms with Crippen LogP contribution in [-0.2, 0) is 0 Å². The molecule has 3 aromatic rings. The summed E-state index contributed by atoms with van der Waals surface area (Å²) in [4.78, 5) is 12.0. The second-order valence-corrected chi connectivity index (χ2v) is 4.71. The summed E-state index contributed by atoms with van der Waals surface area (Å²) in [6.45, 7) is 1.96. The van der Waals surface area contributed by atoms with Crippen LogP contribution < -0.4 is 0 Å². The number of nitrogens with one attached hydrogen (secondary N) is 1. The summed E-state index contributed by atoms with van der Waals surface area (Å²) in [6.07, 6.45) is 0. The molecule has 0 saturated carbocycles. The van der Waals surface area contributed by atoms with Crippen LogP contribution in [0.15, 0.2) is 23.6 Å². The van der Waals surface area contributed by atoms with Gasteiger partial charge in [0.05, 0.1) is 16.1 Å². The normalized spacial score (nSPS) is 10.6. The highest BCUT2D eigenvalue weighted by Gasteiger charge is 2.10. The summed E-state index contributed by atoms with van der Waals surface area (Å²) in [5, 5.41) is 12.0. The van der Waals surface area contributed by atoms with Crippen LogP contribution in [0.1, 0.15) is 10.6 Å². The number of para-hydroxylation sites is 1. The van der Waals surface area contributed by atoms with Crippen molar-refractivity contribution in [3.05, 3.63) is 34.2 Å². The number of aromatic amines is 1. The zero-order valence-electron chi connectivity index (χ0n) is 9.06. The monoisotopic (exact) mass is 240 g/mol. The summed E-state index contributed by atoms with van der Waals surface area (Å²) in [6, 6.07) is 7.65. The van der Waals surface area contributed by atoms with Crippen LogP contribution in [-0.4, -0.2) is 15.0 Å². The van der Waals surface area contributed by atoms with E-state index >= 15 is 0 Å². The predicted octanol–water partition coefficient (Wildman–Crippen LogP) is 2.87. The molecule has 17 heavy (non-hydrogen) atoms. The Hall–Kier alpha value is -2.19. The van der Waals surface area contributed by atoms with Crippen molar-refractivity contribution in [1.82, 2.24) is 15.0 Å². The van der Waals surface area contributed by atoms with Gasteiger partial charge in [-0.1, -0.05) is 6.07 Å². The van der Waals surface area contributed by atoms with Crippen molar-refractivity contribution in [2.24, 2.45) is 0 Å². The van der Waals surface area contributed by atoms with Gasteiger partial charge in [0.2, 0.25) is 0 Å². The second kappa shape index (κ2) is 3.68. The minimum absolute atomic E-state index is 0.581. The van der Waals surface area contributed by atoms with Gasteiger partial charge in [-0.2, -0.15) is 5.26 Å². The fourth-order valence-electron chi connectivity index (χ4n) is 1.72. The van der Waals surface area contributed by atoms with E-state index in [1.165, 1.54) is 0 Å². The molecule has 82 valence electrons. The van der Waals surface area contributed by atoms with Gasteiger partial charge >= 0.3 is 0 Å². The zero-order valence-corrected chi connectivity index (χ0v) is 9.88. The third-order valence-corrected chi connectivity index (χ3v) is 3.27. The number of imidazole rings is 1. The minimum Gasteiger partial charge on any atom is -0.337 e. The number of H-pyrrole nitrogens is 1. The molecule has 0 saturated heterocycles. The molecule has 1 N–H and O–H groups in total. The molecule has 0 aliphatic carbocycles. The van der Waals surface area contributed by atoms with Gasteiger partial charge in [-0.25, -0.2) is 9.97 Å². The number of fused-ring (bicyclic) bond motifs is 1. The Bertz CT molecular complexity index is 732. The van der Waals surface area contributed by atoms with Crippen molar-refractivity contribution in [1.29, 1.82) is 5.26 Å². The van der Waals surface area contributed by atoms with E-state index in [2.05, 4.69) is 21.0 Å². The number of hydrogen-bond acceptors (Lipinski definition) is 4. The van der Waals surface area contributed by atoms with E-state index in [1.807, 2.05) is 24.4 Å². The average Bonchev–Trinajstić information content (AvgIpc) is 2.93. The highest BCUT2D eigenvalue weighted by atomic mass is 32.1. The Kier molecular flexibility index (Phi) is 2.16. The molecule has 0 radical (unpaired) electrons. The Labute approximate surface area is 102 Å². The van der Waals surface area contributed by atoms with Crippen LogP contribution in [0.5, 0.6) is 0 Å². The molecule has 0 spiro atoms. The second-order valence-electron chi connectivity index (χ2n) is 3.65. The Morgan fingerprint density at radius 1 is 1.35 bits per heavy atom. The van der Waals surface area contributed by atoms with Crippen LogP contribution in [0.3, 0.4) is 0 Å². The fraction of sp³-hybridized carbons (Fsp3) is 0.0833. The SMILES string of the molecule is Cc1nc(-c2nc3c(C#N)cccc3[nH]2)cs1. The maximum absolute atomic E-state index is 9.00. The van der Waals surface area contributed by atoms with E-state index in [4.69, 9.17) is 5.26 Å². The van der Waals surface area contributed by atoms with Crippen LogP contribution >= 0.6 is 11.3 Å². The van der Waals surface area contributed by atoms with Crippen molar-refractivity contribution < 1.29 is 0 Å². The van der Waals surface area contributed by atoms with Crippen molar-refractivity contribution in [2.45, 2.75) is 6.92 Å². The molecule has 2 aromatic heterocycles. The molecule has 0 bridgehead atoms. The first-order valence-electron chi connectivity index (χ1n) is 5.09. The lowest BCUT2D eigenvalue weighted by Gasteiger charge is -1.87. The number of benzene rings is 1. The highest BCUT2D eigenvalue weighted by molar-refractivity contribution is 7.09. The lowest BCUT2D eigenvalue weighted by atomic mass is 10.2. The molecular formula is C12H8N4S. The third kappa shape index (κ3) is 1.59. The third-order valence-electron chi connectivity index (χ3n) is 2.49. The number of nitrogens with zero attached hydrogens (tertiary/aromatic N) is 3. The molecule has 2 heterocycles. The molecule has 0 fully saturated rings. The van der Waals surface area contributed by atoms with Gasteiger partial charge in [-0.05, 0) is 19.1 Å². The molecule has 0 atom stereocenters. The standard InChI is InChI=1S/C12H8N4S/c1-7-14-10(6-17-7)12-15-9-4-2-3-8(5-13)11(9)16-12/h2-4,6H,1H3,(H,15,16). The van der Waals surface area contributed by atoms with Gasteiger partial charge in [0.15, 0.2) is 5.82 Å². The number of rotatable bonds is 1. The molecular weight excluding hydrogens is 232 g/mol. The number of nitriles is 1. The number of thiazole rings is 1. The summed E-state index contributed by atoms with van der Waals surface area (Å²) >= 11 is 1.58. The van der Waals surface area contributed by atoms with E-state index in [0.29, 0.717) is 16.9 Å². The molecule has 0 aliphatic rings. The van der Waals surface area contributed by atoms with Crippen LogP contribution in [0.2, 0.25) is 0 Å². The van der Waals surface area contributed by atoms with Gasteiger partial charge in [0, 0.05) is 5.38 Å². The molecule has 5 heteroatoms. The van der Waals surface area contributed by atoms with Crippen LogP contribution in [0.4, 0.5) is 0 Å². The smallest absolute Gasteiger partial charge is 0.158 e. The molecule has 0 unspecified atom stereocenters. The lowest BCUT2D eigenvalue weighted by molar-refractivity contribution is 1.23. The van der Waals surface area contributed by atoms with E-state index in [1.54, 1.807) is 17.4 Å². The van der Waals surface area contributed by atoms with E-state index in [9.17, 15) is 0 Å². The first kappa shape index (κ1) is 10.00. The Balaban J connectivity index is 2.24. The Morgan fingerprint density at radius 2 is 2.24 bits per heavy atom. The van der Waals surface area contributed by atoms with Gasteiger partial charge in [0.1, 0.15) is 17.3 Å². The van der Waals surface area contributed by atoms with E-state index < -0.39 is 0 Å². The number of hydrogen-bond donors (Lipinski definition) is 1. The summed E-state index contributed by atoms with van der Waals surface area (Å²) in [5.74, 6) is 0.715. The van der Waals surface area contributed by atoms with Gasteiger partial charge < -0.3 is 4.98 Å². The number of aromatic nitrogens is 3. The topological polar surface area (TPSA) is 65.4 Å². The maximum atomic E-state index is 9.00. The van der Waals surface area contributed by atoms with Gasteiger partial charge in [0.25, 0.3) is 0 Å². The van der Waals surface area contributed by atoms with Crippen LogP contribution in [0, 0.1) is 18.3 Å². The first-order valence-corrected chi connectivity index (χ1v) is 5.97. The molecule has 0 aliphatic heterocycles. The Morgan fingerprint density at radius 3 is 2.94 bits per heavy atom. The van der Waals surface area contributed by atoms with Crippen molar-refractivity contribution in [2.75, 3.05) is 0 Å². The van der Waals surface area contributed by atoms with Crippen LogP contribution in [0.25, 0.3) is 22.6 Å². The predicted molar refractivity (Wildman–Crippen MR) is 66.7 cm³/mol. The molecule has 0 amide bonds. The molecule has 1 aromatic carbocycles. The van der Waals surface area contributed by atoms with Crippen molar-refractivity contribution in [3.63, 3.8) is 0 Å². The zero-order chi connectivity index (χ0) is 11.8. The van der Waals surface area contributed by atoms with E-state index in [-0.39, 0.29) is 0 Å². The average molecular weight is 240 g/mol. The summed E-state index contributed by atoms with van der Waals surface area (Å²) in [5.41, 5.74) is 2.98. The van der Waals surface area contributed by atoms with Crippen molar-refractivity contribution >= 4 is 22.4 Å². The quantitative estimate of drug-likeness (QED) is 0.711. The minimum atomic E-state index is 0.581. The number of aryl methyl sites for hydroxylation is 1. The molecule has 4 nitrogen and oxygen atoms in total. The largest absolute Gasteiger partial charge is 0.337 e. The highest BCUT2D eigenvalue weighted by Crippen LogP contribution is 2.23. The fourth-order valence-corrected chi connectivity index (χ4v) is 2.31. The first-order chi connectivity index (χ1) is 8.28. The van der Waals surface area contributed by atoms with E-state index in [0.717, 1.165) is 16.2 Å². The summed E-state index contributed by atoms with van der Waals surface area (Å²) < 4.78 is 0. The van der Waals surface area contributed by atoms with Gasteiger partial charge in [-0.15, -0.1) is 11.3 Å². The van der Waals surface area contributed by atoms with Gasteiger partial charge in [-0.3, -0.25) is 0 Å². The maximum Gasteiger partial charge on any atom is 0.158 e. The van der Waals surface area contributed by atoms with Crippen molar-refractivity contribution in [3.8, 4) is 17.6 Å². The lowest BCUT2D eigenvalue weighted by Crippen LogP contribution is -1.80. The summed E-state index contributed by atoms with van der Waals surface area (Å²) in [7, 11) is 0.